The zero-order chi connectivity index (χ0) is 13.8. The lowest BCUT2D eigenvalue weighted by Gasteiger charge is -2.26. The predicted octanol–water partition coefficient (Wildman–Crippen LogP) is 1.07. The molecule has 0 aromatic carbocycles. The summed E-state index contributed by atoms with van der Waals surface area (Å²) in [6, 6.07) is 1.82. The van der Waals surface area contributed by atoms with Gasteiger partial charge in [-0.2, -0.15) is 0 Å². The van der Waals surface area contributed by atoms with Crippen LogP contribution in [0.5, 0.6) is 0 Å². The van der Waals surface area contributed by atoms with Crippen molar-refractivity contribution in [2.45, 2.75) is 25.2 Å². The number of morpholine rings is 1. The largest absolute Gasteiger partial charge is 0.384 e. The molecule has 1 saturated heterocycles. The maximum atomic E-state index is 5.83. The van der Waals surface area contributed by atoms with Crippen LogP contribution in [0.1, 0.15) is 31.0 Å². The van der Waals surface area contributed by atoms with Crippen LogP contribution in [-0.4, -0.2) is 54.3 Å². The molecule has 0 amide bonds. The van der Waals surface area contributed by atoms with Gasteiger partial charge in [-0.05, 0) is 25.8 Å². The molecule has 110 valence electrons. The van der Waals surface area contributed by atoms with Crippen molar-refractivity contribution in [1.29, 1.82) is 0 Å². The average Bonchev–Trinajstić information content (AvgIpc) is 3.29. The van der Waals surface area contributed by atoms with Gasteiger partial charge >= 0.3 is 0 Å². The third-order valence-corrected chi connectivity index (χ3v) is 3.77. The Bertz CT molecular complexity index is 443. The second kappa shape index (κ2) is 6.37. The van der Waals surface area contributed by atoms with E-state index in [1.165, 1.54) is 12.8 Å². The summed E-state index contributed by atoms with van der Waals surface area (Å²) in [6.07, 6.45) is 3.49. The van der Waals surface area contributed by atoms with Crippen molar-refractivity contribution >= 4 is 11.6 Å². The molecule has 6 heteroatoms. The van der Waals surface area contributed by atoms with Crippen LogP contribution < -0.4 is 11.1 Å². The van der Waals surface area contributed by atoms with Crippen molar-refractivity contribution < 1.29 is 4.74 Å². The first kappa shape index (κ1) is 13.6. The molecule has 1 aliphatic carbocycles. The van der Waals surface area contributed by atoms with Crippen molar-refractivity contribution in [3.8, 4) is 0 Å². The summed E-state index contributed by atoms with van der Waals surface area (Å²) in [5.74, 6) is 2.87. The van der Waals surface area contributed by atoms with E-state index >= 15 is 0 Å². The Hall–Kier alpha value is -1.40. The highest BCUT2D eigenvalue weighted by Crippen LogP contribution is 2.38. The first-order valence-electron chi connectivity index (χ1n) is 7.50. The molecular formula is C14H23N5O. The predicted molar refractivity (Wildman–Crippen MR) is 78.8 cm³/mol. The number of aromatic nitrogens is 2. The Labute approximate surface area is 119 Å². The second-order valence-electron chi connectivity index (χ2n) is 5.54. The van der Waals surface area contributed by atoms with Gasteiger partial charge in [0.1, 0.15) is 17.5 Å². The van der Waals surface area contributed by atoms with E-state index in [9.17, 15) is 0 Å². The van der Waals surface area contributed by atoms with E-state index in [1.54, 1.807) is 0 Å². The van der Waals surface area contributed by atoms with Crippen molar-refractivity contribution in [2.75, 3.05) is 50.4 Å². The van der Waals surface area contributed by atoms with Crippen molar-refractivity contribution in [2.24, 2.45) is 0 Å². The summed E-state index contributed by atoms with van der Waals surface area (Å²) in [4.78, 5) is 11.3. The average molecular weight is 277 g/mol. The maximum Gasteiger partial charge on any atom is 0.136 e. The van der Waals surface area contributed by atoms with E-state index in [1.807, 2.05) is 6.07 Å². The Morgan fingerprint density at radius 2 is 2.10 bits per heavy atom. The first-order chi connectivity index (χ1) is 9.81. The van der Waals surface area contributed by atoms with Gasteiger partial charge in [0.25, 0.3) is 0 Å². The molecule has 2 fully saturated rings. The third-order valence-electron chi connectivity index (χ3n) is 3.77. The molecular weight excluding hydrogens is 254 g/mol. The van der Waals surface area contributed by atoms with Crippen LogP contribution in [0.3, 0.4) is 0 Å². The van der Waals surface area contributed by atoms with E-state index in [0.717, 1.165) is 57.5 Å². The molecule has 1 aliphatic heterocycles. The molecule has 0 spiro atoms. The summed E-state index contributed by atoms with van der Waals surface area (Å²) >= 11 is 0. The monoisotopic (exact) mass is 277 g/mol. The zero-order valence-electron chi connectivity index (χ0n) is 11.8. The molecule has 1 aromatic rings. The molecule has 0 atom stereocenters. The lowest BCUT2D eigenvalue weighted by Crippen LogP contribution is -2.37. The lowest BCUT2D eigenvalue weighted by atomic mass is 10.3. The zero-order valence-corrected chi connectivity index (χ0v) is 11.8. The van der Waals surface area contributed by atoms with Crippen LogP contribution in [0.25, 0.3) is 0 Å². The minimum absolute atomic E-state index is 0.535. The van der Waals surface area contributed by atoms with E-state index in [-0.39, 0.29) is 0 Å². The van der Waals surface area contributed by atoms with Crippen LogP contribution in [0.15, 0.2) is 6.07 Å². The van der Waals surface area contributed by atoms with E-state index in [0.29, 0.717) is 11.7 Å². The molecule has 20 heavy (non-hydrogen) atoms. The molecule has 0 radical (unpaired) electrons. The summed E-state index contributed by atoms with van der Waals surface area (Å²) in [5.41, 5.74) is 5.83. The Kier molecular flexibility index (Phi) is 4.32. The quantitative estimate of drug-likeness (QED) is 0.758. The van der Waals surface area contributed by atoms with Crippen LogP contribution in [0, 0.1) is 0 Å². The highest BCUT2D eigenvalue weighted by molar-refractivity contribution is 5.45. The van der Waals surface area contributed by atoms with Gasteiger partial charge in [0, 0.05) is 31.6 Å². The van der Waals surface area contributed by atoms with Gasteiger partial charge in [-0.3, -0.25) is 4.90 Å². The molecule has 0 unspecified atom stereocenters. The second-order valence-corrected chi connectivity index (χ2v) is 5.54. The minimum Gasteiger partial charge on any atom is -0.384 e. The van der Waals surface area contributed by atoms with Crippen LogP contribution in [-0.2, 0) is 4.74 Å². The van der Waals surface area contributed by atoms with Gasteiger partial charge in [0.05, 0.1) is 13.2 Å². The fraction of sp³-hybridized carbons (Fsp3) is 0.714. The summed E-state index contributed by atoms with van der Waals surface area (Å²) in [6.45, 7) is 5.84. The van der Waals surface area contributed by atoms with Gasteiger partial charge in [0.2, 0.25) is 0 Å². The lowest BCUT2D eigenvalue weighted by molar-refractivity contribution is 0.0378. The van der Waals surface area contributed by atoms with Crippen molar-refractivity contribution in [1.82, 2.24) is 14.9 Å². The van der Waals surface area contributed by atoms with Gasteiger partial charge in [-0.1, -0.05) is 0 Å². The van der Waals surface area contributed by atoms with Crippen LogP contribution in [0.2, 0.25) is 0 Å². The first-order valence-corrected chi connectivity index (χ1v) is 7.50. The maximum absolute atomic E-state index is 5.83. The Balaban J connectivity index is 1.43. The number of ether oxygens (including phenoxy) is 1. The molecule has 6 nitrogen and oxygen atoms in total. The van der Waals surface area contributed by atoms with E-state index in [2.05, 4.69) is 20.2 Å². The van der Waals surface area contributed by atoms with E-state index in [4.69, 9.17) is 10.5 Å². The summed E-state index contributed by atoms with van der Waals surface area (Å²) in [7, 11) is 0. The van der Waals surface area contributed by atoms with Gasteiger partial charge in [-0.25, -0.2) is 9.97 Å². The molecule has 1 saturated carbocycles. The molecule has 0 bridgehead atoms. The van der Waals surface area contributed by atoms with Gasteiger partial charge in [-0.15, -0.1) is 0 Å². The Morgan fingerprint density at radius 3 is 2.85 bits per heavy atom. The number of hydrogen-bond donors (Lipinski definition) is 2. The standard InChI is InChI=1S/C14H23N5O/c15-12-10-13(18-14(17-12)11-2-3-11)16-4-1-5-19-6-8-20-9-7-19/h10-11H,1-9H2,(H3,15,16,17,18). The van der Waals surface area contributed by atoms with Crippen molar-refractivity contribution in [3.63, 3.8) is 0 Å². The molecule has 3 rings (SSSR count). The van der Waals surface area contributed by atoms with Crippen LogP contribution >= 0.6 is 0 Å². The number of nitrogen functional groups attached to an aromatic ring is 1. The highest BCUT2D eigenvalue weighted by Gasteiger charge is 2.27. The number of anilines is 2. The molecule has 3 N–H and O–H groups in total. The third kappa shape index (κ3) is 3.80. The van der Waals surface area contributed by atoms with E-state index < -0.39 is 0 Å². The summed E-state index contributed by atoms with van der Waals surface area (Å²) < 4.78 is 5.34. The smallest absolute Gasteiger partial charge is 0.136 e. The minimum atomic E-state index is 0.535. The van der Waals surface area contributed by atoms with Gasteiger partial charge in [0.15, 0.2) is 0 Å². The SMILES string of the molecule is Nc1cc(NCCCN2CCOCC2)nc(C2CC2)n1. The highest BCUT2D eigenvalue weighted by atomic mass is 16.5. The number of nitrogens with two attached hydrogens (primary N) is 1. The molecule has 1 aromatic heterocycles. The fourth-order valence-electron chi connectivity index (χ4n) is 2.44. The normalized spacial score (nSPS) is 20.0. The number of nitrogens with one attached hydrogen (secondary N) is 1. The van der Waals surface area contributed by atoms with Gasteiger partial charge < -0.3 is 15.8 Å². The van der Waals surface area contributed by atoms with Crippen LogP contribution in [0.4, 0.5) is 11.6 Å². The molecule has 2 aliphatic rings. The molecule has 2 heterocycles. The number of hydrogen-bond acceptors (Lipinski definition) is 6. The fourth-order valence-corrected chi connectivity index (χ4v) is 2.44. The number of nitrogens with zero attached hydrogens (tertiary/aromatic N) is 3. The summed E-state index contributed by atoms with van der Waals surface area (Å²) in [5, 5.41) is 3.36. The topological polar surface area (TPSA) is 76.3 Å². The van der Waals surface area contributed by atoms with Crippen molar-refractivity contribution in [3.05, 3.63) is 11.9 Å². The number of rotatable bonds is 6. The Morgan fingerprint density at radius 1 is 1.30 bits per heavy atom.